The summed E-state index contributed by atoms with van der Waals surface area (Å²) in [7, 11) is 1.39. The van der Waals surface area contributed by atoms with Crippen molar-refractivity contribution in [3.63, 3.8) is 0 Å². The highest BCUT2D eigenvalue weighted by molar-refractivity contribution is 7.47. The number of rotatable bonds is 29. The van der Waals surface area contributed by atoms with Crippen molar-refractivity contribution in [1.29, 1.82) is 0 Å². The molecular weight excluding hydrogens is 629 g/mol. The van der Waals surface area contributed by atoms with Gasteiger partial charge < -0.3 is 18.9 Å². The van der Waals surface area contributed by atoms with Crippen LogP contribution in [0.2, 0.25) is 0 Å². The van der Waals surface area contributed by atoms with E-state index >= 15 is 0 Å². The van der Waals surface area contributed by atoms with E-state index in [1.807, 2.05) is 75.8 Å². The van der Waals surface area contributed by atoms with Gasteiger partial charge in [0.15, 0.2) is 6.10 Å². The molecule has 272 valence electrons. The van der Waals surface area contributed by atoms with E-state index in [-0.39, 0.29) is 26.1 Å². The van der Waals surface area contributed by atoms with Crippen LogP contribution in [0.25, 0.3) is 0 Å². The van der Waals surface area contributed by atoms with Gasteiger partial charge in [0.2, 0.25) is 0 Å². The molecule has 0 saturated carbocycles. The van der Waals surface area contributed by atoms with Crippen molar-refractivity contribution >= 4 is 19.8 Å². The number of quaternary nitrogens is 1. The minimum absolute atomic E-state index is 0.00878. The largest absolute Gasteiger partial charge is 0.472 e. The Kier molecular flexibility index (Phi) is 28.5. The van der Waals surface area contributed by atoms with E-state index < -0.39 is 32.5 Å². The first kappa shape index (κ1) is 45.2. The van der Waals surface area contributed by atoms with Gasteiger partial charge in [-0.15, -0.1) is 0 Å². The van der Waals surface area contributed by atoms with Gasteiger partial charge in [0.05, 0.1) is 27.7 Å². The second-order valence-electron chi connectivity index (χ2n) is 12.3. The van der Waals surface area contributed by atoms with E-state index in [2.05, 4.69) is 44.2 Å². The number of ether oxygens (including phenoxy) is 2. The second-order valence-corrected chi connectivity index (χ2v) is 13.8. The van der Waals surface area contributed by atoms with Crippen molar-refractivity contribution in [2.75, 3.05) is 47.5 Å². The number of hydrogen-bond donors (Lipinski definition) is 1. The molecule has 2 unspecified atom stereocenters. The van der Waals surface area contributed by atoms with Crippen LogP contribution in [-0.2, 0) is 32.7 Å². The molecule has 2 atom stereocenters. The standard InChI is InChI=1S/C38H62NO8P/c1-6-8-10-12-14-16-18-19-21-23-25-27-29-31-38(41)47-36(35-46-48(42,43)45-33-32-39(3,4)5)34-44-37(40)30-28-26-24-22-20-17-15-13-11-9-7-2/h8,10,12-21,23,25,36H,6-7,9,11,22,24,26-35H2,1-5H3/p+1/b10-8+,14-12+,15-13+,18-16+,20-17+,21-19+,25-23+. The van der Waals surface area contributed by atoms with Crippen molar-refractivity contribution in [2.45, 2.75) is 97.0 Å². The normalized spacial score (nSPS) is 14.9. The molecule has 0 amide bonds. The van der Waals surface area contributed by atoms with Crippen molar-refractivity contribution in [2.24, 2.45) is 0 Å². The summed E-state index contributed by atoms with van der Waals surface area (Å²) in [6.45, 7) is 4.04. The summed E-state index contributed by atoms with van der Waals surface area (Å²) in [5, 5.41) is 0. The highest BCUT2D eigenvalue weighted by atomic mass is 31.2. The molecule has 0 aromatic rings. The maximum Gasteiger partial charge on any atom is 0.472 e. The van der Waals surface area contributed by atoms with Gasteiger partial charge >= 0.3 is 19.8 Å². The molecule has 0 heterocycles. The Morgan fingerprint density at radius 3 is 1.81 bits per heavy atom. The zero-order chi connectivity index (χ0) is 35.8. The molecule has 9 nitrogen and oxygen atoms in total. The maximum atomic E-state index is 12.5. The van der Waals surface area contributed by atoms with Crippen LogP contribution in [0.15, 0.2) is 85.1 Å². The molecule has 0 aromatic heterocycles. The summed E-state index contributed by atoms with van der Waals surface area (Å²) in [6, 6.07) is 0. The topological polar surface area (TPSA) is 108 Å². The Morgan fingerprint density at radius 1 is 0.667 bits per heavy atom. The summed E-state index contributed by atoms with van der Waals surface area (Å²) in [4.78, 5) is 35.0. The Morgan fingerprint density at radius 2 is 1.21 bits per heavy atom. The first-order chi connectivity index (χ1) is 23.0. The Bertz CT molecular complexity index is 1100. The van der Waals surface area contributed by atoms with E-state index in [1.54, 1.807) is 0 Å². The molecule has 0 rings (SSSR count). The Hall–Kier alpha value is -2.81. The van der Waals surface area contributed by atoms with Crippen LogP contribution in [0.5, 0.6) is 0 Å². The molecule has 0 bridgehead atoms. The Balaban J connectivity index is 4.71. The number of unbranched alkanes of at least 4 members (excludes halogenated alkanes) is 6. The van der Waals surface area contributed by atoms with Gasteiger partial charge in [0, 0.05) is 12.8 Å². The lowest BCUT2D eigenvalue weighted by Crippen LogP contribution is -2.37. The van der Waals surface area contributed by atoms with Crippen LogP contribution < -0.4 is 0 Å². The van der Waals surface area contributed by atoms with Gasteiger partial charge in [-0.1, -0.05) is 118 Å². The molecule has 0 aliphatic heterocycles. The van der Waals surface area contributed by atoms with Crippen LogP contribution >= 0.6 is 7.82 Å². The van der Waals surface area contributed by atoms with Gasteiger partial charge in [-0.25, -0.2) is 4.57 Å². The summed E-state index contributed by atoms with van der Waals surface area (Å²) in [5.74, 6) is -0.934. The van der Waals surface area contributed by atoms with E-state index in [9.17, 15) is 19.0 Å². The summed E-state index contributed by atoms with van der Waals surface area (Å²) in [6.07, 6.45) is 36.6. The van der Waals surface area contributed by atoms with Gasteiger partial charge in [-0.3, -0.25) is 18.6 Å². The second kappa shape index (κ2) is 30.3. The van der Waals surface area contributed by atoms with Crippen molar-refractivity contribution in [3.05, 3.63) is 85.1 Å². The number of phosphoric ester groups is 1. The van der Waals surface area contributed by atoms with Gasteiger partial charge in [-0.2, -0.15) is 0 Å². The predicted octanol–water partition coefficient (Wildman–Crippen LogP) is 8.90. The monoisotopic (exact) mass is 692 g/mol. The number of allylic oxidation sites excluding steroid dienone is 14. The average Bonchev–Trinajstić information content (AvgIpc) is 3.02. The third-order valence-electron chi connectivity index (χ3n) is 6.57. The fourth-order valence-corrected chi connectivity index (χ4v) is 4.52. The van der Waals surface area contributed by atoms with Crippen LogP contribution in [-0.4, -0.2) is 74.9 Å². The van der Waals surface area contributed by atoms with Gasteiger partial charge in [0.25, 0.3) is 0 Å². The SMILES string of the molecule is CC/C=C/C=C/C=C/C=C/C=C/CCCC(=O)OC(COC(=O)CCCCC/C=C/C=C/CCCC)COP(=O)(O)OCC[N+](C)(C)C. The van der Waals surface area contributed by atoms with E-state index in [1.165, 1.54) is 12.8 Å². The highest BCUT2D eigenvalue weighted by Crippen LogP contribution is 2.43. The third-order valence-corrected chi connectivity index (χ3v) is 7.55. The molecule has 0 fully saturated rings. The van der Waals surface area contributed by atoms with E-state index in [0.717, 1.165) is 32.1 Å². The maximum absolute atomic E-state index is 12.5. The molecule has 0 radical (unpaired) electrons. The highest BCUT2D eigenvalue weighted by Gasteiger charge is 2.27. The van der Waals surface area contributed by atoms with Crippen LogP contribution in [0.4, 0.5) is 0 Å². The quantitative estimate of drug-likeness (QED) is 0.0272. The van der Waals surface area contributed by atoms with Crippen molar-refractivity contribution < 1.29 is 42.1 Å². The summed E-state index contributed by atoms with van der Waals surface area (Å²) in [5.41, 5.74) is 0. The average molecular weight is 693 g/mol. The zero-order valence-corrected chi connectivity index (χ0v) is 31.1. The lowest BCUT2D eigenvalue weighted by molar-refractivity contribution is -0.870. The molecule has 48 heavy (non-hydrogen) atoms. The first-order valence-electron chi connectivity index (χ1n) is 17.4. The molecule has 0 spiro atoms. The number of hydrogen-bond acceptors (Lipinski definition) is 7. The molecule has 0 aliphatic carbocycles. The number of esters is 2. The molecule has 0 aliphatic rings. The number of nitrogens with zero attached hydrogens (tertiary/aromatic N) is 1. The fourth-order valence-electron chi connectivity index (χ4n) is 3.78. The minimum atomic E-state index is -4.39. The summed E-state index contributed by atoms with van der Waals surface area (Å²) >= 11 is 0. The zero-order valence-electron chi connectivity index (χ0n) is 30.2. The molecular formula is C38H63NO8P+. The number of phosphoric acid groups is 1. The number of carbonyl (C=O) groups excluding carboxylic acids is 2. The molecule has 0 saturated heterocycles. The van der Waals surface area contributed by atoms with Crippen LogP contribution in [0, 0.1) is 0 Å². The van der Waals surface area contributed by atoms with Gasteiger partial charge in [-0.05, 0) is 44.9 Å². The molecule has 10 heteroatoms. The van der Waals surface area contributed by atoms with Crippen LogP contribution in [0.3, 0.4) is 0 Å². The molecule has 0 aromatic carbocycles. The van der Waals surface area contributed by atoms with E-state index in [0.29, 0.717) is 30.3 Å². The lowest BCUT2D eigenvalue weighted by Gasteiger charge is -2.24. The van der Waals surface area contributed by atoms with Crippen molar-refractivity contribution in [1.82, 2.24) is 0 Å². The number of carbonyl (C=O) groups is 2. The van der Waals surface area contributed by atoms with Gasteiger partial charge in [0.1, 0.15) is 19.8 Å². The summed E-state index contributed by atoms with van der Waals surface area (Å²) < 4.78 is 33.9. The van der Waals surface area contributed by atoms with E-state index in [4.69, 9.17) is 18.5 Å². The Labute approximate surface area is 291 Å². The lowest BCUT2D eigenvalue weighted by atomic mass is 10.1. The first-order valence-corrected chi connectivity index (χ1v) is 18.9. The van der Waals surface area contributed by atoms with Crippen LogP contribution in [0.1, 0.15) is 90.9 Å². The predicted molar refractivity (Wildman–Crippen MR) is 196 cm³/mol. The van der Waals surface area contributed by atoms with Crippen molar-refractivity contribution in [3.8, 4) is 0 Å². The molecule has 1 N–H and O–H groups in total. The fraction of sp³-hybridized carbons (Fsp3) is 0.579. The minimum Gasteiger partial charge on any atom is -0.462 e. The third kappa shape index (κ3) is 33.1. The number of likely N-dealkylation sites (N-methyl/N-ethyl adjacent to an activating group) is 1. The smallest absolute Gasteiger partial charge is 0.462 e.